The molecule has 0 unspecified atom stereocenters. The van der Waals surface area contributed by atoms with Crippen molar-refractivity contribution in [3.63, 3.8) is 0 Å². The van der Waals surface area contributed by atoms with Crippen molar-refractivity contribution in [3.05, 3.63) is 70.2 Å². The van der Waals surface area contributed by atoms with Crippen molar-refractivity contribution in [2.75, 3.05) is 0 Å². The number of rotatable bonds is 7. The van der Waals surface area contributed by atoms with Crippen LogP contribution in [-0.2, 0) is 17.6 Å². The smallest absolute Gasteiger partial charge is 0.416 e. The van der Waals surface area contributed by atoms with Crippen LogP contribution >= 0.6 is 11.6 Å². The van der Waals surface area contributed by atoms with E-state index in [1.807, 2.05) is 5.43 Å². The lowest BCUT2D eigenvalue weighted by atomic mass is 10.1. The highest BCUT2D eigenvalue weighted by molar-refractivity contribution is 6.32. The van der Waals surface area contributed by atoms with Crippen molar-refractivity contribution in [3.8, 4) is 11.5 Å². The van der Waals surface area contributed by atoms with Crippen LogP contribution in [0.5, 0.6) is 11.5 Å². The Kier molecular flexibility index (Phi) is 6.60. The largest absolute Gasteiger partial charge is 0.487 e. The second-order valence-corrected chi connectivity index (χ2v) is 5.77. The van der Waals surface area contributed by atoms with E-state index >= 15 is 0 Å². The Hall–Kier alpha value is -3.11. The van der Waals surface area contributed by atoms with E-state index in [9.17, 15) is 18.0 Å². The number of carboxylic acids is 1. The summed E-state index contributed by atoms with van der Waals surface area (Å²) >= 11 is 6.03. The third-order valence-electron chi connectivity index (χ3n) is 3.41. The van der Waals surface area contributed by atoms with E-state index in [2.05, 4.69) is 0 Å². The van der Waals surface area contributed by atoms with Crippen LogP contribution in [0.4, 0.5) is 13.2 Å². The highest BCUT2D eigenvalue weighted by atomic mass is 35.5. The molecular formula is C17H15ClF3N3O4. The van der Waals surface area contributed by atoms with Crippen LogP contribution in [0, 0.1) is 0 Å². The number of aliphatic carboxylic acids is 1. The number of benzene rings is 2. The average molecular weight is 418 g/mol. The van der Waals surface area contributed by atoms with E-state index in [0.29, 0.717) is 5.56 Å². The number of nitrogens with two attached hydrogens (primary N) is 2. The molecular weight excluding hydrogens is 403 g/mol. The van der Waals surface area contributed by atoms with Gasteiger partial charge in [0.25, 0.3) is 0 Å². The third kappa shape index (κ3) is 5.44. The average Bonchev–Trinajstić information content (AvgIpc) is 2.62. The van der Waals surface area contributed by atoms with Gasteiger partial charge in [-0.2, -0.15) is 13.2 Å². The number of ether oxygens (including phenoxy) is 2. The standard InChI is InChI=1S/C17H15ClF3N3O4/c18-12-6-5-11(28-15(22)14(24-23)16(25)26)7-13(12)27-8-9-1-3-10(4-2-9)17(19,20)21/h1-7,24H,8,22-23H2,(H,25,26)/b15-14+. The maximum Gasteiger partial charge on any atom is 0.416 e. The predicted molar refractivity (Wildman–Crippen MR) is 94.0 cm³/mol. The minimum absolute atomic E-state index is 0.0582. The van der Waals surface area contributed by atoms with Gasteiger partial charge in [-0.25, -0.2) is 4.79 Å². The molecule has 0 aromatic heterocycles. The van der Waals surface area contributed by atoms with Gasteiger partial charge in [-0.15, -0.1) is 0 Å². The van der Waals surface area contributed by atoms with Gasteiger partial charge in [0.1, 0.15) is 18.1 Å². The summed E-state index contributed by atoms with van der Waals surface area (Å²) in [5, 5.41) is 9.13. The van der Waals surface area contributed by atoms with Gasteiger partial charge in [0.2, 0.25) is 5.88 Å². The Bertz CT molecular complexity index is 886. The van der Waals surface area contributed by atoms with Gasteiger partial charge in [-0.3, -0.25) is 5.84 Å². The first-order valence-corrected chi connectivity index (χ1v) is 7.95. The van der Waals surface area contributed by atoms with Crippen LogP contribution in [0.2, 0.25) is 5.02 Å². The number of nitrogens with one attached hydrogen (secondary N) is 1. The van der Waals surface area contributed by atoms with E-state index < -0.39 is 29.3 Å². The van der Waals surface area contributed by atoms with Crippen LogP contribution in [0.3, 0.4) is 0 Å². The molecule has 2 aromatic carbocycles. The molecule has 0 fully saturated rings. The van der Waals surface area contributed by atoms with Gasteiger partial charge in [-0.05, 0) is 29.8 Å². The summed E-state index contributed by atoms with van der Waals surface area (Å²) in [6.07, 6.45) is -4.42. The highest BCUT2D eigenvalue weighted by Crippen LogP contribution is 2.31. The zero-order valence-corrected chi connectivity index (χ0v) is 14.8. The monoisotopic (exact) mass is 417 g/mol. The summed E-state index contributed by atoms with van der Waals surface area (Å²) in [5.41, 5.74) is 6.59. The van der Waals surface area contributed by atoms with Crippen molar-refractivity contribution in [2.45, 2.75) is 12.8 Å². The summed E-state index contributed by atoms with van der Waals surface area (Å²) < 4.78 is 48.4. The first-order valence-electron chi connectivity index (χ1n) is 7.58. The minimum Gasteiger partial charge on any atom is -0.487 e. The molecule has 11 heteroatoms. The van der Waals surface area contributed by atoms with Crippen LogP contribution in [0.25, 0.3) is 0 Å². The van der Waals surface area contributed by atoms with Crippen LogP contribution in [0.1, 0.15) is 11.1 Å². The molecule has 2 aromatic rings. The molecule has 28 heavy (non-hydrogen) atoms. The van der Waals surface area contributed by atoms with Gasteiger partial charge in [0.05, 0.1) is 10.6 Å². The summed E-state index contributed by atoms with van der Waals surface area (Å²) in [6.45, 7) is -0.0582. The summed E-state index contributed by atoms with van der Waals surface area (Å²) in [5.74, 6) is 3.42. The molecule has 0 radical (unpaired) electrons. The van der Waals surface area contributed by atoms with Crippen molar-refractivity contribution in [2.24, 2.45) is 11.6 Å². The van der Waals surface area contributed by atoms with Crippen LogP contribution in [0.15, 0.2) is 54.0 Å². The Labute approximate surface area is 162 Å². The Morgan fingerprint density at radius 2 is 1.82 bits per heavy atom. The van der Waals surface area contributed by atoms with E-state index in [4.69, 9.17) is 37.8 Å². The second-order valence-electron chi connectivity index (χ2n) is 5.37. The Morgan fingerprint density at radius 3 is 2.36 bits per heavy atom. The third-order valence-corrected chi connectivity index (χ3v) is 3.72. The molecule has 0 aliphatic heterocycles. The molecule has 0 heterocycles. The Balaban J connectivity index is 2.12. The number of carbonyl (C=O) groups is 1. The van der Waals surface area contributed by atoms with Gasteiger partial charge in [-0.1, -0.05) is 23.7 Å². The first kappa shape index (κ1) is 21.2. The maximum atomic E-state index is 12.6. The molecule has 0 bridgehead atoms. The molecule has 0 saturated heterocycles. The van der Waals surface area contributed by atoms with Crippen LogP contribution < -0.4 is 26.5 Å². The summed E-state index contributed by atoms with van der Waals surface area (Å²) in [7, 11) is 0. The first-order chi connectivity index (χ1) is 13.1. The molecule has 0 atom stereocenters. The molecule has 6 N–H and O–H groups in total. The second kappa shape index (κ2) is 8.72. The van der Waals surface area contributed by atoms with Crippen molar-refractivity contribution >= 4 is 17.6 Å². The lowest BCUT2D eigenvalue weighted by Crippen LogP contribution is -2.31. The number of hydrogen-bond acceptors (Lipinski definition) is 6. The van der Waals surface area contributed by atoms with Crippen molar-refractivity contribution in [1.82, 2.24) is 5.43 Å². The zero-order valence-electron chi connectivity index (χ0n) is 14.1. The fraction of sp³-hybridized carbons (Fsp3) is 0.118. The molecule has 0 saturated carbocycles. The number of alkyl halides is 3. The van der Waals surface area contributed by atoms with E-state index in [1.165, 1.54) is 30.3 Å². The fourth-order valence-corrected chi connectivity index (χ4v) is 2.20. The van der Waals surface area contributed by atoms with Gasteiger partial charge >= 0.3 is 12.1 Å². The molecule has 0 aliphatic rings. The quantitative estimate of drug-likeness (QED) is 0.236. The maximum absolute atomic E-state index is 12.6. The van der Waals surface area contributed by atoms with Crippen molar-refractivity contribution < 1.29 is 32.5 Å². The number of hydrogen-bond donors (Lipinski definition) is 4. The van der Waals surface area contributed by atoms with E-state index in [0.717, 1.165) is 12.1 Å². The molecule has 0 aliphatic carbocycles. The summed E-state index contributed by atoms with van der Waals surface area (Å²) in [6, 6.07) is 8.62. The van der Waals surface area contributed by atoms with Gasteiger partial charge < -0.3 is 25.7 Å². The van der Waals surface area contributed by atoms with E-state index in [-0.39, 0.29) is 23.1 Å². The topological polar surface area (TPSA) is 120 Å². The Morgan fingerprint density at radius 1 is 1.18 bits per heavy atom. The predicted octanol–water partition coefficient (Wildman–Crippen LogP) is 2.99. The van der Waals surface area contributed by atoms with E-state index in [1.54, 1.807) is 0 Å². The van der Waals surface area contributed by atoms with Gasteiger partial charge in [0.15, 0.2) is 5.70 Å². The number of halogens is 4. The summed E-state index contributed by atoms with van der Waals surface area (Å²) in [4.78, 5) is 11.0. The molecule has 0 amide bonds. The van der Waals surface area contributed by atoms with Crippen LogP contribution in [-0.4, -0.2) is 11.1 Å². The van der Waals surface area contributed by atoms with Crippen molar-refractivity contribution in [1.29, 1.82) is 0 Å². The molecule has 150 valence electrons. The minimum atomic E-state index is -4.42. The molecule has 2 rings (SSSR count). The number of hydrazine groups is 1. The molecule has 0 spiro atoms. The molecule has 7 nitrogen and oxygen atoms in total. The lowest BCUT2D eigenvalue weighted by molar-refractivity contribution is -0.137. The normalized spacial score (nSPS) is 12.2. The van der Waals surface area contributed by atoms with Gasteiger partial charge in [0, 0.05) is 6.07 Å². The highest BCUT2D eigenvalue weighted by Gasteiger charge is 2.29. The fourth-order valence-electron chi connectivity index (χ4n) is 2.03. The SMILES string of the molecule is NN/C(C(=O)O)=C(\N)Oc1ccc(Cl)c(OCc2ccc(C(F)(F)F)cc2)c1. The number of carboxylic acid groups (broad SMARTS) is 1. The zero-order chi connectivity index (χ0) is 20.9. The lowest BCUT2D eigenvalue weighted by Gasteiger charge is -2.13.